The highest BCUT2D eigenvalue weighted by molar-refractivity contribution is 5.76. The molecule has 0 atom stereocenters. The number of aromatic nitrogens is 1. The van der Waals surface area contributed by atoms with Crippen LogP contribution in [0.1, 0.15) is 5.56 Å². The highest BCUT2D eigenvalue weighted by Gasteiger charge is 2.11. The van der Waals surface area contributed by atoms with Crippen LogP contribution in [-0.4, -0.2) is 16.9 Å². The zero-order valence-corrected chi connectivity index (χ0v) is 8.64. The van der Waals surface area contributed by atoms with Crippen molar-refractivity contribution in [1.29, 1.82) is 0 Å². The van der Waals surface area contributed by atoms with Crippen LogP contribution in [0.4, 0.5) is 0 Å². The van der Waals surface area contributed by atoms with Crippen LogP contribution >= 0.6 is 0 Å². The Bertz CT molecular complexity index is 443. The lowest BCUT2D eigenvalue weighted by Gasteiger charge is -2.23. The first-order chi connectivity index (χ1) is 7.18. The molecule has 0 spiro atoms. The average Bonchev–Trinajstić information content (AvgIpc) is 2.26. The predicted octanol–water partition coefficient (Wildman–Crippen LogP) is 1.72. The molecule has 0 amide bonds. The molecule has 0 saturated carbocycles. The highest BCUT2D eigenvalue weighted by atomic mass is 15.1. The van der Waals surface area contributed by atoms with Crippen molar-refractivity contribution in [2.24, 2.45) is 5.73 Å². The lowest BCUT2D eigenvalue weighted by molar-refractivity contribution is 0.577. The summed E-state index contributed by atoms with van der Waals surface area (Å²) in [5.74, 6) is 0. The number of nitrogens with two attached hydrogens (primary N) is 1. The maximum atomic E-state index is 5.86. The van der Waals surface area contributed by atoms with Gasteiger partial charge in [-0.05, 0) is 23.8 Å². The second-order valence-electron chi connectivity index (χ2n) is 3.48. The molecule has 0 fully saturated rings. The molecule has 2 rings (SSSR count). The Kier molecular flexibility index (Phi) is 2.29. The van der Waals surface area contributed by atoms with Crippen LogP contribution in [0.25, 0.3) is 5.57 Å². The Hall–Kier alpha value is -2.03. The summed E-state index contributed by atoms with van der Waals surface area (Å²) in [5, 5.41) is 0. The van der Waals surface area contributed by atoms with E-state index >= 15 is 0 Å². The summed E-state index contributed by atoms with van der Waals surface area (Å²) in [7, 11) is 1.93. The average molecular weight is 199 g/mol. The minimum Gasteiger partial charge on any atom is -0.397 e. The van der Waals surface area contributed by atoms with Crippen molar-refractivity contribution < 1.29 is 0 Å². The highest BCUT2D eigenvalue weighted by Crippen LogP contribution is 2.24. The fourth-order valence-electron chi connectivity index (χ4n) is 1.48. The third kappa shape index (κ3) is 1.76. The molecule has 0 radical (unpaired) electrons. The molecule has 0 aromatic carbocycles. The Morgan fingerprint density at radius 1 is 1.33 bits per heavy atom. The first-order valence-corrected chi connectivity index (χ1v) is 4.70. The predicted molar refractivity (Wildman–Crippen MR) is 61.4 cm³/mol. The van der Waals surface area contributed by atoms with Gasteiger partial charge in [0.15, 0.2) is 0 Å². The van der Waals surface area contributed by atoms with E-state index in [1.807, 2.05) is 36.4 Å². The zero-order chi connectivity index (χ0) is 10.8. The third-order valence-corrected chi connectivity index (χ3v) is 2.42. The Morgan fingerprint density at radius 2 is 2.00 bits per heavy atom. The lowest BCUT2D eigenvalue weighted by atomic mass is 10.0. The van der Waals surface area contributed by atoms with E-state index in [0.717, 1.165) is 16.8 Å². The number of nitrogens with zero attached hydrogens (tertiary/aromatic N) is 2. The van der Waals surface area contributed by atoms with Crippen LogP contribution in [-0.2, 0) is 0 Å². The van der Waals surface area contributed by atoms with E-state index in [2.05, 4.69) is 11.6 Å². The first kappa shape index (κ1) is 9.52. The molecule has 0 unspecified atom stereocenters. The quantitative estimate of drug-likeness (QED) is 0.749. The smallest absolute Gasteiger partial charge is 0.0564 e. The minimum absolute atomic E-state index is 0.701. The molecular weight excluding hydrogens is 186 g/mol. The lowest BCUT2D eigenvalue weighted by Crippen LogP contribution is -2.19. The molecule has 1 aromatic rings. The fourth-order valence-corrected chi connectivity index (χ4v) is 1.48. The normalized spacial score (nSPS) is 16.1. The summed E-state index contributed by atoms with van der Waals surface area (Å²) in [6.45, 7) is 3.88. The molecule has 3 heteroatoms. The number of hydrogen-bond donors (Lipinski definition) is 1. The van der Waals surface area contributed by atoms with Gasteiger partial charge in [0, 0.05) is 31.2 Å². The SMILES string of the molecule is C=C1C(N)=CC(c2ccncc2)=CN1C. The molecule has 76 valence electrons. The van der Waals surface area contributed by atoms with Gasteiger partial charge in [-0.25, -0.2) is 0 Å². The number of allylic oxidation sites excluding steroid dienone is 2. The maximum Gasteiger partial charge on any atom is 0.0564 e. The molecule has 1 aliphatic heterocycles. The summed E-state index contributed by atoms with van der Waals surface area (Å²) < 4.78 is 0. The van der Waals surface area contributed by atoms with Gasteiger partial charge in [-0.2, -0.15) is 0 Å². The molecule has 0 bridgehead atoms. The van der Waals surface area contributed by atoms with Gasteiger partial charge in [0.05, 0.1) is 11.4 Å². The molecule has 2 N–H and O–H groups in total. The molecule has 3 nitrogen and oxygen atoms in total. The molecule has 15 heavy (non-hydrogen) atoms. The Balaban J connectivity index is 2.41. The standard InChI is InChI=1S/C12H13N3/c1-9-12(13)7-11(8-15(9)2)10-3-5-14-6-4-10/h3-8H,1,13H2,2H3. The van der Waals surface area contributed by atoms with Crippen molar-refractivity contribution in [2.75, 3.05) is 7.05 Å². The summed E-state index contributed by atoms with van der Waals surface area (Å²) in [5.41, 5.74) is 9.57. The van der Waals surface area contributed by atoms with E-state index in [-0.39, 0.29) is 0 Å². The van der Waals surface area contributed by atoms with Crippen LogP contribution in [0, 0.1) is 0 Å². The van der Waals surface area contributed by atoms with Gasteiger partial charge in [0.25, 0.3) is 0 Å². The summed E-state index contributed by atoms with van der Waals surface area (Å²) in [6, 6.07) is 3.91. The van der Waals surface area contributed by atoms with E-state index < -0.39 is 0 Å². The first-order valence-electron chi connectivity index (χ1n) is 4.70. The van der Waals surface area contributed by atoms with Gasteiger partial charge in [-0.15, -0.1) is 0 Å². The van der Waals surface area contributed by atoms with Crippen LogP contribution < -0.4 is 5.73 Å². The van der Waals surface area contributed by atoms with Crippen molar-refractivity contribution in [3.63, 3.8) is 0 Å². The summed E-state index contributed by atoms with van der Waals surface area (Å²) in [6.07, 6.45) is 7.47. The number of hydrogen-bond acceptors (Lipinski definition) is 3. The molecule has 0 aliphatic carbocycles. The van der Waals surface area contributed by atoms with Gasteiger partial charge < -0.3 is 10.6 Å². The third-order valence-electron chi connectivity index (χ3n) is 2.42. The fraction of sp³-hybridized carbons (Fsp3) is 0.0833. The van der Waals surface area contributed by atoms with Crippen LogP contribution in [0.3, 0.4) is 0 Å². The van der Waals surface area contributed by atoms with E-state index in [1.54, 1.807) is 12.4 Å². The van der Waals surface area contributed by atoms with Crippen molar-refractivity contribution in [2.45, 2.75) is 0 Å². The largest absolute Gasteiger partial charge is 0.397 e. The van der Waals surface area contributed by atoms with Gasteiger partial charge in [-0.3, -0.25) is 4.98 Å². The Labute approximate surface area is 89.2 Å². The van der Waals surface area contributed by atoms with Gasteiger partial charge in [0.1, 0.15) is 0 Å². The second kappa shape index (κ2) is 3.61. The molecule has 0 saturated heterocycles. The zero-order valence-electron chi connectivity index (χ0n) is 8.64. The van der Waals surface area contributed by atoms with Crippen molar-refractivity contribution >= 4 is 5.57 Å². The van der Waals surface area contributed by atoms with Crippen LogP contribution in [0.2, 0.25) is 0 Å². The maximum absolute atomic E-state index is 5.86. The second-order valence-corrected chi connectivity index (χ2v) is 3.48. The molecule has 2 heterocycles. The Morgan fingerprint density at radius 3 is 2.60 bits per heavy atom. The van der Waals surface area contributed by atoms with Crippen molar-refractivity contribution in [3.8, 4) is 0 Å². The van der Waals surface area contributed by atoms with Gasteiger partial charge in [-0.1, -0.05) is 6.58 Å². The molecule has 1 aromatic heterocycles. The van der Waals surface area contributed by atoms with Crippen LogP contribution in [0.5, 0.6) is 0 Å². The van der Waals surface area contributed by atoms with Crippen LogP contribution in [0.15, 0.2) is 54.8 Å². The number of pyridine rings is 1. The summed E-state index contributed by atoms with van der Waals surface area (Å²) >= 11 is 0. The van der Waals surface area contributed by atoms with Gasteiger partial charge >= 0.3 is 0 Å². The summed E-state index contributed by atoms with van der Waals surface area (Å²) in [4.78, 5) is 5.90. The van der Waals surface area contributed by atoms with E-state index in [4.69, 9.17) is 5.73 Å². The monoisotopic (exact) mass is 199 g/mol. The van der Waals surface area contributed by atoms with Crippen molar-refractivity contribution in [3.05, 3.63) is 60.3 Å². The molecule has 1 aliphatic rings. The van der Waals surface area contributed by atoms with Gasteiger partial charge in [0.2, 0.25) is 0 Å². The number of likely N-dealkylation sites (N-methyl/N-ethyl adjacent to an activating group) is 1. The topological polar surface area (TPSA) is 42.1 Å². The van der Waals surface area contributed by atoms with E-state index in [0.29, 0.717) is 5.70 Å². The van der Waals surface area contributed by atoms with E-state index in [1.165, 1.54) is 0 Å². The van der Waals surface area contributed by atoms with Crippen molar-refractivity contribution in [1.82, 2.24) is 9.88 Å². The number of rotatable bonds is 1. The minimum atomic E-state index is 0.701. The van der Waals surface area contributed by atoms with E-state index in [9.17, 15) is 0 Å². The molecular formula is C12H13N3.